The zero-order valence-corrected chi connectivity index (χ0v) is 18.3. The Kier molecular flexibility index (Phi) is 6.40. The summed E-state index contributed by atoms with van der Waals surface area (Å²) >= 11 is 1.72. The molecule has 1 atom stereocenters. The fraction of sp³-hybridized carbons (Fsp3) is 0.304. The van der Waals surface area contributed by atoms with Crippen LogP contribution in [0.15, 0.2) is 59.1 Å². The summed E-state index contributed by atoms with van der Waals surface area (Å²) in [5, 5.41) is 9.64. The Balaban J connectivity index is 1.37. The molecule has 0 saturated carbocycles. The second-order valence-corrected chi connectivity index (χ2v) is 8.46. The van der Waals surface area contributed by atoms with E-state index in [1.165, 1.54) is 10.9 Å². The highest BCUT2D eigenvalue weighted by atomic mass is 32.2. The van der Waals surface area contributed by atoms with Crippen LogP contribution in [0, 0.1) is 0 Å². The smallest absolute Gasteiger partial charge is 0.247 e. The number of hydrogen-bond acceptors (Lipinski definition) is 6. The van der Waals surface area contributed by atoms with Crippen LogP contribution in [0.3, 0.4) is 0 Å². The molecule has 0 radical (unpaired) electrons. The first kappa shape index (κ1) is 20.5. The zero-order valence-electron chi connectivity index (χ0n) is 17.5. The maximum atomic E-state index is 5.90. The lowest BCUT2D eigenvalue weighted by Crippen LogP contribution is -2.16. The van der Waals surface area contributed by atoms with Gasteiger partial charge in [0.1, 0.15) is 5.75 Å². The number of rotatable bonds is 9. The van der Waals surface area contributed by atoms with E-state index in [1.807, 2.05) is 36.4 Å². The van der Waals surface area contributed by atoms with Crippen molar-refractivity contribution >= 4 is 22.7 Å². The Labute approximate surface area is 180 Å². The SMILES string of the molecule is CC(c1c[nH]c2ccc(-c3nnc(CSCCOc4ccccc4)o3)cc12)N(C)C. The van der Waals surface area contributed by atoms with Gasteiger partial charge in [0, 0.05) is 34.5 Å². The molecule has 7 heteroatoms. The first-order chi connectivity index (χ1) is 14.6. The standard InChI is InChI=1S/C23H26N4O2S/c1-16(27(2)3)20-14-24-21-10-9-17(13-19(20)21)23-26-25-22(29-23)15-30-12-11-28-18-7-5-4-6-8-18/h4-10,13-14,16,24H,11-12,15H2,1-3H3. The van der Waals surface area contributed by atoms with Crippen LogP contribution in [-0.2, 0) is 5.75 Å². The molecule has 1 N–H and O–H groups in total. The first-order valence-corrected chi connectivity index (χ1v) is 11.1. The van der Waals surface area contributed by atoms with E-state index in [0.717, 1.165) is 22.6 Å². The molecule has 0 spiro atoms. The van der Waals surface area contributed by atoms with Crippen molar-refractivity contribution in [2.45, 2.75) is 18.7 Å². The average molecular weight is 423 g/mol. The summed E-state index contributed by atoms with van der Waals surface area (Å²) in [5.41, 5.74) is 3.30. The van der Waals surface area contributed by atoms with Crippen LogP contribution in [0.25, 0.3) is 22.4 Å². The van der Waals surface area contributed by atoms with Crippen molar-refractivity contribution in [3.63, 3.8) is 0 Å². The maximum absolute atomic E-state index is 5.90. The van der Waals surface area contributed by atoms with Crippen molar-refractivity contribution in [3.8, 4) is 17.2 Å². The van der Waals surface area contributed by atoms with Gasteiger partial charge in [0.2, 0.25) is 11.8 Å². The molecule has 0 bridgehead atoms. The van der Waals surface area contributed by atoms with Crippen LogP contribution >= 0.6 is 11.8 Å². The van der Waals surface area contributed by atoms with Gasteiger partial charge in [-0.25, -0.2) is 0 Å². The van der Waals surface area contributed by atoms with Crippen molar-refractivity contribution in [2.75, 3.05) is 26.5 Å². The first-order valence-electron chi connectivity index (χ1n) is 9.97. The Morgan fingerprint density at radius 2 is 1.97 bits per heavy atom. The largest absolute Gasteiger partial charge is 0.493 e. The molecular formula is C23H26N4O2S. The summed E-state index contributed by atoms with van der Waals surface area (Å²) in [6.07, 6.45) is 2.08. The van der Waals surface area contributed by atoms with Gasteiger partial charge in [-0.2, -0.15) is 0 Å². The van der Waals surface area contributed by atoms with Crippen LogP contribution in [-0.4, -0.2) is 46.5 Å². The van der Waals surface area contributed by atoms with E-state index in [1.54, 1.807) is 11.8 Å². The molecule has 2 heterocycles. The van der Waals surface area contributed by atoms with Crippen molar-refractivity contribution in [3.05, 3.63) is 66.2 Å². The van der Waals surface area contributed by atoms with Crippen LogP contribution in [0.5, 0.6) is 5.75 Å². The van der Waals surface area contributed by atoms with Crippen LogP contribution < -0.4 is 4.74 Å². The number of nitrogens with zero attached hydrogens (tertiary/aromatic N) is 3. The second kappa shape index (κ2) is 9.36. The molecule has 6 nitrogen and oxygen atoms in total. The van der Waals surface area contributed by atoms with E-state index in [2.05, 4.69) is 59.4 Å². The fourth-order valence-electron chi connectivity index (χ4n) is 3.22. The van der Waals surface area contributed by atoms with E-state index in [0.29, 0.717) is 30.2 Å². The minimum atomic E-state index is 0.307. The number of aromatic nitrogens is 3. The lowest BCUT2D eigenvalue weighted by atomic mass is 10.0. The molecule has 4 aromatic rings. The minimum Gasteiger partial charge on any atom is -0.493 e. The number of nitrogens with one attached hydrogen (secondary N) is 1. The molecule has 0 aliphatic carbocycles. The number of benzene rings is 2. The maximum Gasteiger partial charge on any atom is 0.247 e. The molecule has 4 rings (SSSR count). The zero-order chi connectivity index (χ0) is 20.9. The van der Waals surface area contributed by atoms with Crippen molar-refractivity contribution < 1.29 is 9.15 Å². The fourth-order valence-corrected chi connectivity index (χ4v) is 3.86. The second-order valence-electron chi connectivity index (χ2n) is 7.36. The average Bonchev–Trinajstić information content (AvgIpc) is 3.40. The Hall–Kier alpha value is -2.77. The topological polar surface area (TPSA) is 67.2 Å². The van der Waals surface area contributed by atoms with Gasteiger partial charge in [-0.1, -0.05) is 18.2 Å². The third-order valence-corrected chi connectivity index (χ3v) is 6.02. The normalized spacial score (nSPS) is 12.5. The van der Waals surface area contributed by atoms with E-state index < -0.39 is 0 Å². The van der Waals surface area contributed by atoms with Gasteiger partial charge >= 0.3 is 0 Å². The number of aromatic amines is 1. The van der Waals surface area contributed by atoms with E-state index >= 15 is 0 Å². The number of thioether (sulfide) groups is 1. The summed E-state index contributed by atoms with van der Waals surface area (Å²) in [5.74, 6) is 3.60. The summed E-state index contributed by atoms with van der Waals surface area (Å²) < 4.78 is 11.6. The van der Waals surface area contributed by atoms with Crippen LogP contribution in [0.1, 0.15) is 24.4 Å². The monoisotopic (exact) mass is 422 g/mol. The molecule has 2 aromatic heterocycles. The number of hydrogen-bond donors (Lipinski definition) is 1. The Bertz CT molecular complexity index is 1090. The lowest BCUT2D eigenvalue weighted by Gasteiger charge is -2.19. The van der Waals surface area contributed by atoms with Crippen molar-refractivity contribution in [1.29, 1.82) is 0 Å². The molecule has 156 valence electrons. The highest BCUT2D eigenvalue weighted by Crippen LogP contribution is 2.30. The predicted molar refractivity (Wildman–Crippen MR) is 122 cm³/mol. The quantitative estimate of drug-likeness (QED) is 0.376. The van der Waals surface area contributed by atoms with Crippen molar-refractivity contribution in [2.24, 2.45) is 0 Å². The van der Waals surface area contributed by atoms with E-state index in [4.69, 9.17) is 9.15 Å². The van der Waals surface area contributed by atoms with E-state index in [9.17, 15) is 0 Å². The van der Waals surface area contributed by atoms with Gasteiger partial charge in [-0.15, -0.1) is 22.0 Å². The summed E-state index contributed by atoms with van der Waals surface area (Å²) in [4.78, 5) is 5.54. The Morgan fingerprint density at radius 3 is 2.77 bits per heavy atom. The summed E-state index contributed by atoms with van der Waals surface area (Å²) in [6.45, 7) is 2.84. The molecule has 0 aliphatic rings. The highest BCUT2D eigenvalue weighted by Gasteiger charge is 2.15. The summed E-state index contributed by atoms with van der Waals surface area (Å²) in [6, 6.07) is 16.3. The van der Waals surface area contributed by atoms with Gasteiger partial charge in [0.25, 0.3) is 0 Å². The third kappa shape index (κ3) is 4.68. The molecule has 0 fully saturated rings. The third-order valence-electron chi connectivity index (χ3n) is 5.12. The minimum absolute atomic E-state index is 0.307. The Morgan fingerprint density at radius 1 is 1.13 bits per heavy atom. The molecule has 0 amide bonds. The number of ether oxygens (including phenoxy) is 1. The molecule has 2 aromatic carbocycles. The number of para-hydroxylation sites is 1. The highest BCUT2D eigenvalue weighted by molar-refractivity contribution is 7.98. The van der Waals surface area contributed by atoms with Gasteiger partial charge in [-0.05, 0) is 56.9 Å². The molecule has 1 unspecified atom stereocenters. The van der Waals surface area contributed by atoms with Gasteiger partial charge in [0.05, 0.1) is 12.4 Å². The lowest BCUT2D eigenvalue weighted by molar-refractivity contribution is 0.323. The molecule has 30 heavy (non-hydrogen) atoms. The molecule has 0 saturated heterocycles. The molecular weight excluding hydrogens is 396 g/mol. The van der Waals surface area contributed by atoms with Crippen molar-refractivity contribution in [1.82, 2.24) is 20.1 Å². The van der Waals surface area contributed by atoms with Gasteiger partial charge in [-0.3, -0.25) is 0 Å². The molecule has 0 aliphatic heterocycles. The van der Waals surface area contributed by atoms with Gasteiger partial charge < -0.3 is 19.0 Å². The van der Waals surface area contributed by atoms with E-state index in [-0.39, 0.29) is 0 Å². The summed E-state index contributed by atoms with van der Waals surface area (Å²) in [7, 11) is 4.17. The van der Waals surface area contributed by atoms with Crippen LogP contribution in [0.2, 0.25) is 0 Å². The van der Waals surface area contributed by atoms with Crippen LogP contribution in [0.4, 0.5) is 0 Å². The number of fused-ring (bicyclic) bond motifs is 1. The predicted octanol–water partition coefficient (Wildman–Crippen LogP) is 5.15. The van der Waals surface area contributed by atoms with Gasteiger partial charge in [0.15, 0.2) is 0 Å². The number of H-pyrrole nitrogens is 1.